The van der Waals surface area contributed by atoms with Crippen molar-refractivity contribution >= 4 is 17.2 Å². The molecule has 2 aromatic rings. The molecule has 0 aromatic carbocycles. The van der Waals surface area contributed by atoms with E-state index in [1.165, 1.54) is 11.3 Å². The third-order valence-electron chi connectivity index (χ3n) is 3.68. The number of carbonyl (C=O) groups is 1. The first-order chi connectivity index (χ1) is 10.3. The van der Waals surface area contributed by atoms with Gasteiger partial charge in [0.1, 0.15) is 12.2 Å². The molecule has 0 saturated heterocycles. The molecule has 0 fully saturated rings. The molecule has 0 aliphatic carbocycles. The summed E-state index contributed by atoms with van der Waals surface area (Å²) in [5.41, 5.74) is 0. The Morgan fingerprint density at radius 1 is 1.52 bits per heavy atom. The van der Waals surface area contributed by atoms with Crippen molar-refractivity contribution < 1.29 is 4.79 Å². The van der Waals surface area contributed by atoms with E-state index in [4.69, 9.17) is 0 Å². The Balaban J connectivity index is 1.37. The molecule has 0 spiro atoms. The van der Waals surface area contributed by atoms with Crippen LogP contribution in [-0.4, -0.2) is 33.8 Å². The topological polar surface area (TPSA) is 71.8 Å². The van der Waals surface area contributed by atoms with Gasteiger partial charge in [-0.05, 0) is 37.8 Å². The lowest BCUT2D eigenvalue weighted by Crippen LogP contribution is -2.28. The van der Waals surface area contributed by atoms with Gasteiger partial charge in [-0.25, -0.2) is 9.67 Å². The van der Waals surface area contributed by atoms with Crippen LogP contribution in [0.25, 0.3) is 0 Å². The van der Waals surface area contributed by atoms with Gasteiger partial charge in [0, 0.05) is 6.54 Å². The van der Waals surface area contributed by atoms with Crippen LogP contribution in [-0.2, 0) is 0 Å². The minimum Gasteiger partial charge on any atom is -0.351 e. The van der Waals surface area contributed by atoms with E-state index in [0.29, 0.717) is 12.6 Å². The first-order valence-electron chi connectivity index (χ1n) is 7.20. The van der Waals surface area contributed by atoms with Crippen LogP contribution < -0.4 is 10.6 Å². The number of nitrogens with one attached hydrogen (secondary N) is 2. The molecule has 112 valence electrons. The molecule has 6 nitrogen and oxygen atoms in total. The molecule has 0 radical (unpaired) electrons. The first kappa shape index (κ1) is 14.2. The third kappa shape index (κ3) is 3.14. The maximum atomic E-state index is 11.8. The summed E-state index contributed by atoms with van der Waals surface area (Å²) in [4.78, 5) is 16.8. The highest BCUT2D eigenvalue weighted by Gasteiger charge is 2.29. The Labute approximate surface area is 127 Å². The van der Waals surface area contributed by atoms with Crippen molar-refractivity contribution in [3.8, 4) is 0 Å². The van der Waals surface area contributed by atoms with Crippen molar-refractivity contribution in [2.45, 2.75) is 31.8 Å². The number of fused-ring (bicyclic) bond motifs is 1. The van der Waals surface area contributed by atoms with Crippen molar-refractivity contribution in [2.24, 2.45) is 0 Å². The van der Waals surface area contributed by atoms with Gasteiger partial charge in [0.05, 0.1) is 17.0 Å². The Hall–Kier alpha value is -1.73. The number of hydrogen-bond acceptors (Lipinski definition) is 5. The van der Waals surface area contributed by atoms with Crippen LogP contribution in [0.5, 0.6) is 0 Å². The smallest absolute Gasteiger partial charge is 0.261 e. The summed E-state index contributed by atoms with van der Waals surface area (Å²) >= 11 is 1.46. The van der Waals surface area contributed by atoms with E-state index >= 15 is 0 Å². The second-order valence-corrected chi connectivity index (χ2v) is 6.19. The fourth-order valence-corrected chi connectivity index (χ4v) is 3.27. The molecule has 3 heterocycles. The van der Waals surface area contributed by atoms with Gasteiger partial charge >= 0.3 is 0 Å². The molecule has 0 bridgehead atoms. The zero-order valence-electron chi connectivity index (χ0n) is 12.0. The van der Waals surface area contributed by atoms with Gasteiger partial charge in [-0.2, -0.15) is 5.10 Å². The lowest BCUT2D eigenvalue weighted by Gasteiger charge is -2.11. The number of amides is 1. The van der Waals surface area contributed by atoms with Crippen LogP contribution in [0.4, 0.5) is 0 Å². The van der Waals surface area contributed by atoms with Crippen LogP contribution in [0, 0.1) is 0 Å². The minimum absolute atomic E-state index is 0.0132. The first-order valence-corrected chi connectivity index (χ1v) is 8.08. The molecule has 3 rings (SSSR count). The van der Waals surface area contributed by atoms with Gasteiger partial charge in [0.25, 0.3) is 5.91 Å². The van der Waals surface area contributed by atoms with Crippen molar-refractivity contribution in [1.29, 1.82) is 0 Å². The summed E-state index contributed by atoms with van der Waals surface area (Å²) in [5.74, 6) is 1.03. The van der Waals surface area contributed by atoms with Gasteiger partial charge in [0.15, 0.2) is 0 Å². The summed E-state index contributed by atoms with van der Waals surface area (Å²) in [5, 5.41) is 12.6. The maximum absolute atomic E-state index is 11.8. The van der Waals surface area contributed by atoms with E-state index in [1.807, 2.05) is 22.2 Å². The predicted octanol–water partition coefficient (Wildman–Crippen LogP) is 1.76. The van der Waals surface area contributed by atoms with Crippen LogP contribution in [0.3, 0.4) is 0 Å². The maximum Gasteiger partial charge on any atom is 0.261 e. The zero-order valence-corrected chi connectivity index (χ0v) is 12.8. The van der Waals surface area contributed by atoms with Crippen molar-refractivity contribution in [3.63, 3.8) is 0 Å². The largest absolute Gasteiger partial charge is 0.351 e. The molecular weight excluding hydrogens is 286 g/mol. The van der Waals surface area contributed by atoms with Crippen LogP contribution in [0.15, 0.2) is 23.8 Å². The highest BCUT2D eigenvalue weighted by molar-refractivity contribution is 7.12. The summed E-state index contributed by atoms with van der Waals surface area (Å²) in [6, 6.07) is 4.40. The average molecular weight is 305 g/mol. The summed E-state index contributed by atoms with van der Waals surface area (Å²) in [6.45, 7) is 3.69. The highest BCUT2D eigenvalue weighted by Crippen LogP contribution is 2.30. The number of aromatic nitrogens is 3. The molecule has 1 aliphatic rings. The zero-order chi connectivity index (χ0) is 14.7. The molecule has 2 unspecified atom stereocenters. The van der Waals surface area contributed by atoms with Crippen molar-refractivity contribution in [1.82, 2.24) is 25.4 Å². The molecular formula is C14H19N5OS. The Morgan fingerprint density at radius 2 is 2.43 bits per heavy atom. The van der Waals surface area contributed by atoms with Gasteiger partial charge < -0.3 is 10.6 Å². The molecule has 2 N–H and O–H groups in total. The second kappa shape index (κ2) is 6.36. The molecule has 1 amide bonds. The Bertz CT molecular complexity index is 594. The highest BCUT2D eigenvalue weighted by atomic mass is 32.1. The fourth-order valence-electron chi connectivity index (χ4n) is 2.63. The molecule has 0 saturated carbocycles. The number of thiophene rings is 1. The third-order valence-corrected chi connectivity index (χ3v) is 4.55. The Kier molecular flexibility index (Phi) is 4.31. The normalized spacial score (nSPS) is 20.4. The van der Waals surface area contributed by atoms with E-state index in [1.54, 1.807) is 6.33 Å². The SMILES string of the molecule is CC1CC(NCCCNC(=O)c2cccs2)c2ncnn21. The summed E-state index contributed by atoms with van der Waals surface area (Å²) < 4.78 is 1.98. The number of carbonyl (C=O) groups excluding carboxylic acids is 1. The quantitative estimate of drug-likeness (QED) is 0.798. The number of nitrogens with zero attached hydrogens (tertiary/aromatic N) is 3. The van der Waals surface area contributed by atoms with Gasteiger partial charge in [-0.3, -0.25) is 4.79 Å². The van der Waals surface area contributed by atoms with Gasteiger partial charge in [0.2, 0.25) is 0 Å². The lowest BCUT2D eigenvalue weighted by atomic mass is 10.1. The van der Waals surface area contributed by atoms with Crippen molar-refractivity contribution in [2.75, 3.05) is 13.1 Å². The van der Waals surface area contributed by atoms with Gasteiger partial charge in [-0.15, -0.1) is 11.3 Å². The summed E-state index contributed by atoms with van der Waals surface area (Å²) in [7, 11) is 0. The van der Waals surface area contributed by atoms with E-state index in [-0.39, 0.29) is 11.9 Å². The van der Waals surface area contributed by atoms with E-state index in [2.05, 4.69) is 27.6 Å². The average Bonchev–Trinajstić information content (AvgIpc) is 3.18. The van der Waals surface area contributed by atoms with Crippen molar-refractivity contribution in [3.05, 3.63) is 34.5 Å². The monoisotopic (exact) mass is 305 g/mol. The summed E-state index contributed by atoms with van der Waals surface area (Å²) in [6.07, 6.45) is 3.54. The van der Waals surface area contributed by atoms with Crippen LogP contribution in [0.1, 0.15) is 47.3 Å². The molecule has 7 heteroatoms. The molecule has 2 aromatic heterocycles. The van der Waals surface area contributed by atoms with E-state index in [9.17, 15) is 4.79 Å². The predicted molar refractivity (Wildman–Crippen MR) is 81.4 cm³/mol. The molecule has 2 atom stereocenters. The Morgan fingerprint density at radius 3 is 3.24 bits per heavy atom. The second-order valence-electron chi connectivity index (χ2n) is 5.24. The van der Waals surface area contributed by atoms with Gasteiger partial charge in [-0.1, -0.05) is 6.07 Å². The van der Waals surface area contributed by atoms with Crippen LogP contribution in [0.2, 0.25) is 0 Å². The number of rotatable bonds is 6. The lowest BCUT2D eigenvalue weighted by molar-refractivity contribution is 0.0957. The fraction of sp³-hybridized carbons (Fsp3) is 0.500. The van der Waals surface area contributed by atoms with Crippen LogP contribution >= 0.6 is 11.3 Å². The minimum atomic E-state index is 0.0132. The number of hydrogen-bond donors (Lipinski definition) is 2. The standard InChI is InChI=1S/C14H19N5OS/c1-10-8-11(13-17-9-18-19(10)13)15-5-3-6-16-14(20)12-4-2-7-21-12/h2,4,7,9-11,15H,3,5-6,8H2,1H3,(H,16,20). The van der Waals surface area contributed by atoms with E-state index in [0.717, 1.165) is 30.1 Å². The molecule has 21 heavy (non-hydrogen) atoms. The van der Waals surface area contributed by atoms with E-state index < -0.39 is 0 Å². The molecule has 1 aliphatic heterocycles.